The Morgan fingerprint density at radius 2 is 1.57 bits per heavy atom. The van der Waals surface area contributed by atoms with E-state index >= 15 is 0 Å². The van der Waals surface area contributed by atoms with Crippen molar-refractivity contribution >= 4 is 22.8 Å². The third-order valence-corrected chi connectivity index (χ3v) is 6.87. The number of nitrogens with one attached hydrogen (secondary N) is 1. The molecule has 2 amide bonds. The van der Waals surface area contributed by atoms with Gasteiger partial charge >= 0.3 is 0 Å². The first-order valence-electron chi connectivity index (χ1n) is 13.2. The number of para-hydroxylation sites is 2. The molecule has 0 bridgehead atoms. The number of hydrogen-bond acceptors (Lipinski definition) is 3. The van der Waals surface area contributed by atoms with E-state index < -0.39 is 0 Å². The molecule has 6 nitrogen and oxygen atoms in total. The van der Waals surface area contributed by atoms with Crippen molar-refractivity contribution in [2.75, 3.05) is 19.6 Å². The van der Waals surface area contributed by atoms with Gasteiger partial charge in [0.05, 0.1) is 11.0 Å². The number of carbonyl (C=O) groups is 2. The van der Waals surface area contributed by atoms with Gasteiger partial charge in [-0.05, 0) is 49.8 Å². The summed E-state index contributed by atoms with van der Waals surface area (Å²) in [7, 11) is 0. The third kappa shape index (κ3) is 7.41. The van der Waals surface area contributed by atoms with Gasteiger partial charge in [-0.3, -0.25) is 9.59 Å². The molecule has 1 saturated heterocycles. The van der Waals surface area contributed by atoms with Crippen LogP contribution in [0.4, 0.5) is 0 Å². The average molecular weight is 475 g/mol. The molecule has 1 N–H and O–H groups in total. The summed E-state index contributed by atoms with van der Waals surface area (Å²) < 4.78 is 2.12. The number of benzene rings is 2. The van der Waals surface area contributed by atoms with Gasteiger partial charge in [-0.25, -0.2) is 4.98 Å². The van der Waals surface area contributed by atoms with Gasteiger partial charge in [-0.2, -0.15) is 0 Å². The van der Waals surface area contributed by atoms with E-state index in [0.717, 1.165) is 74.9 Å². The second kappa shape index (κ2) is 13.1. The zero-order chi connectivity index (χ0) is 24.3. The summed E-state index contributed by atoms with van der Waals surface area (Å²) >= 11 is 0. The van der Waals surface area contributed by atoms with Crippen molar-refractivity contribution in [1.29, 1.82) is 0 Å². The molecule has 35 heavy (non-hydrogen) atoms. The second-order valence-electron chi connectivity index (χ2n) is 9.54. The quantitative estimate of drug-likeness (QED) is 0.402. The van der Waals surface area contributed by atoms with Gasteiger partial charge in [-0.1, -0.05) is 61.7 Å². The maximum absolute atomic E-state index is 13.1. The Bertz CT molecular complexity index is 1080. The molecule has 1 aliphatic heterocycles. The maximum atomic E-state index is 13.1. The molecule has 0 atom stereocenters. The van der Waals surface area contributed by atoms with Gasteiger partial charge in [0.25, 0.3) is 0 Å². The van der Waals surface area contributed by atoms with E-state index in [2.05, 4.69) is 28.1 Å². The Hall–Kier alpha value is -3.15. The molecule has 0 radical (unpaired) electrons. The molecule has 2 aromatic carbocycles. The number of fused-ring (bicyclic) bond motifs is 1. The van der Waals surface area contributed by atoms with Crippen LogP contribution in [0.15, 0.2) is 54.6 Å². The van der Waals surface area contributed by atoms with E-state index in [-0.39, 0.29) is 11.8 Å². The van der Waals surface area contributed by atoms with E-state index in [1.807, 2.05) is 41.3 Å². The number of carbonyl (C=O) groups excluding carboxylic acids is 2. The first-order valence-corrected chi connectivity index (χ1v) is 13.2. The minimum absolute atomic E-state index is 0.114. The van der Waals surface area contributed by atoms with Crippen molar-refractivity contribution in [1.82, 2.24) is 19.8 Å². The molecule has 0 saturated carbocycles. The zero-order valence-electron chi connectivity index (χ0n) is 20.8. The highest BCUT2D eigenvalue weighted by molar-refractivity contribution is 5.81. The number of rotatable bonds is 11. The summed E-state index contributed by atoms with van der Waals surface area (Å²) in [6, 6.07) is 18.2. The van der Waals surface area contributed by atoms with Crippen molar-refractivity contribution in [3.8, 4) is 0 Å². The fourth-order valence-electron chi connectivity index (χ4n) is 4.85. The van der Waals surface area contributed by atoms with E-state index in [0.29, 0.717) is 19.5 Å². The van der Waals surface area contributed by atoms with Gasteiger partial charge < -0.3 is 14.8 Å². The van der Waals surface area contributed by atoms with Crippen LogP contribution in [0.25, 0.3) is 11.0 Å². The van der Waals surface area contributed by atoms with Crippen molar-refractivity contribution in [3.05, 3.63) is 66.0 Å². The highest BCUT2D eigenvalue weighted by atomic mass is 16.2. The number of nitrogens with zero attached hydrogens (tertiary/aromatic N) is 3. The normalized spacial score (nSPS) is 14.1. The maximum Gasteiger partial charge on any atom is 0.242 e. The Kier molecular flexibility index (Phi) is 9.32. The monoisotopic (exact) mass is 474 g/mol. The summed E-state index contributed by atoms with van der Waals surface area (Å²) in [6.45, 7) is 2.82. The molecule has 3 aromatic rings. The van der Waals surface area contributed by atoms with Crippen LogP contribution in [0, 0.1) is 0 Å². The highest BCUT2D eigenvalue weighted by Crippen LogP contribution is 2.19. The summed E-state index contributed by atoms with van der Waals surface area (Å²) in [5.41, 5.74) is 3.19. The van der Waals surface area contributed by atoms with Crippen LogP contribution in [-0.4, -0.2) is 45.9 Å². The van der Waals surface area contributed by atoms with E-state index in [4.69, 9.17) is 4.98 Å². The van der Waals surface area contributed by atoms with Gasteiger partial charge in [-0.15, -0.1) is 0 Å². The lowest BCUT2D eigenvalue weighted by molar-refractivity contribution is -0.131. The number of likely N-dealkylation sites (tertiary alicyclic amines) is 1. The predicted octanol–water partition coefficient (Wildman–Crippen LogP) is 4.90. The third-order valence-electron chi connectivity index (χ3n) is 6.87. The van der Waals surface area contributed by atoms with E-state index in [9.17, 15) is 9.59 Å². The van der Waals surface area contributed by atoms with Gasteiger partial charge in [0.2, 0.25) is 11.8 Å². The Morgan fingerprint density at radius 1 is 0.829 bits per heavy atom. The van der Waals surface area contributed by atoms with Gasteiger partial charge in [0, 0.05) is 32.5 Å². The number of amides is 2. The van der Waals surface area contributed by atoms with Crippen molar-refractivity contribution < 1.29 is 9.59 Å². The minimum Gasteiger partial charge on any atom is -0.356 e. The molecule has 0 spiro atoms. The smallest absolute Gasteiger partial charge is 0.242 e. The fourth-order valence-corrected chi connectivity index (χ4v) is 4.85. The lowest BCUT2D eigenvalue weighted by Crippen LogP contribution is -2.34. The summed E-state index contributed by atoms with van der Waals surface area (Å²) in [4.78, 5) is 32.1. The molecule has 6 heteroatoms. The van der Waals surface area contributed by atoms with Crippen LogP contribution >= 0.6 is 0 Å². The van der Waals surface area contributed by atoms with Crippen molar-refractivity contribution in [3.63, 3.8) is 0 Å². The van der Waals surface area contributed by atoms with Crippen LogP contribution in [0.2, 0.25) is 0 Å². The highest BCUT2D eigenvalue weighted by Gasteiger charge is 2.19. The molecule has 0 aliphatic carbocycles. The molecular formula is C29H38N4O2. The summed E-state index contributed by atoms with van der Waals surface area (Å²) in [6.07, 6.45) is 9.74. The van der Waals surface area contributed by atoms with Crippen LogP contribution in [0.1, 0.15) is 62.8 Å². The zero-order valence-corrected chi connectivity index (χ0v) is 20.8. The molecule has 0 unspecified atom stereocenters. The van der Waals surface area contributed by atoms with Crippen LogP contribution in [0.5, 0.6) is 0 Å². The van der Waals surface area contributed by atoms with Crippen LogP contribution < -0.4 is 5.32 Å². The fraction of sp³-hybridized carbons (Fsp3) is 0.483. The Labute approximate surface area is 208 Å². The topological polar surface area (TPSA) is 67.2 Å². The molecule has 186 valence electrons. The van der Waals surface area contributed by atoms with Crippen LogP contribution in [0.3, 0.4) is 0 Å². The summed E-state index contributed by atoms with van der Waals surface area (Å²) in [5, 5.41) is 3.04. The van der Waals surface area contributed by atoms with Crippen molar-refractivity contribution in [2.45, 2.75) is 70.8 Å². The number of aryl methyl sites for hydroxylation is 2. The average Bonchev–Trinajstić information content (AvgIpc) is 3.04. The largest absolute Gasteiger partial charge is 0.356 e. The molecule has 1 fully saturated rings. The first-order chi connectivity index (χ1) is 17.2. The minimum atomic E-state index is 0.114. The number of imidazole rings is 1. The Balaban J connectivity index is 1.23. The van der Waals surface area contributed by atoms with Crippen LogP contribution in [-0.2, 0) is 29.0 Å². The van der Waals surface area contributed by atoms with Crippen molar-refractivity contribution in [2.24, 2.45) is 0 Å². The molecule has 1 aromatic heterocycles. The van der Waals surface area contributed by atoms with E-state index in [1.165, 1.54) is 18.4 Å². The summed E-state index contributed by atoms with van der Waals surface area (Å²) in [5.74, 6) is 1.30. The molecule has 1 aliphatic rings. The number of hydrogen-bond donors (Lipinski definition) is 1. The number of aromatic nitrogens is 2. The standard InChI is InChI=1S/C29H38N4O2/c34-28(19-18-24-13-5-3-6-14-24)30-20-10-4-7-17-27-31-25-15-8-9-16-26(25)33(27)23-29(35)32-21-11-1-2-12-22-32/h3,5-6,8-9,13-16H,1-2,4,7,10-12,17-23H2,(H,30,34). The predicted molar refractivity (Wildman–Crippen MR) is 140 cm³/mol. The lowest BCUT2D eigenvalue weighted by atomic mass is 10.1. The van der Waals surface area contributed by atoms with Gasteiger partial charge in [0.15, 0.2) is 0 Å². The second-order valence-corrected chi connectivity index (χ2v) is 9.54. The number of unbranched alkanes of at least 4 members (excludes halogenated alkanes) is 2. The SMILES string of the molecule is O=C(CCc1ccccc1)NCCCCCc1nc2ccccc2n1CC(=O)N1CCCCCC1. The molecule has 4 rings (SSSR count). The first kappa shape index (κ1) is 25.0. The van der Waals surface area contributed by atoms with Gasteiger partial charge in [0.1, 0.15) is 12.4 Å². The molecular weight excluding hydrogens is 436 g/mol. The van der Waals surface area contributed by atoms with E-state index in [1.54, 1.807) is 0 Å². The molecule has 2 heterocycles. The Morgan fingerprint density at radius 3 is 2.37 bits per heavy atom. The lowest BCUT2D eigenvalue weighted by Gasteiger charge is -2.21.